The van der Waals surface area contributed by atoms with Crippen molar-refractivity contribution >= 4 is 34.2 Å². The van der Waals surface area contributed by atoms with Crippen LogP contribution in [0.25, 0.3) is 0 Å². The van der Waals surface area contributed by atoms with Crippen LogP contribution in [0.2, 0.25) is 0 Å². The van der Waals surface area contributed by atoms with Crippen LogP contribution in [0.15, 0.2) is 18.2 Å². The highest BCUT2D eigenvalue weighted by Gasteiger charge is 2.24. The van der Waals surface area contributed by atoms with Crippen LogP contribution in [-0.4, -0.2) is 39.5 Å². The molecule has 6 nitrogen and oxygen atoms in total. The second-order valence-electron chi connectivity index (χ2n) is 5.05. The highest BCUT2D eigenvalue weighted by atomic mass is 127. The van der Waals surface area contributed by atoms with Crippen molar-refractivity contribution in [2.75, 3.05) is 13.1 Å². The number of non-ortho nitro benzene ring substituents is 1. The summed E-state index contributed by atoms with van der Waals surface area (Å²) in [7, 11) is 0. The van der Waals surface area contributed by atoms with Crippen molar-refractivity contribution in [3.05, 3.63) is 37.4 Å². The van der Waals surface area contributed by atoms with Gasteiger partial charge in [0.05, 0.1) is 16.1 Å². The third kappa shape index (κ3) is 4.41. The van der Waals surface area contributed by atoms with Gasteiger partial charge in [-0.2, -0.15) is 0 Å². The summed E-state index contributed by atoms with van der Waals surface area (Å²) in [4.78, 5) is 24.2. The molecule has 110 valence electrons. The van der Waals surface area contributed by atoms with E-state index in [4.69, 9.17) is 0 Å². The second kappa shape index (κ2) is 6.49. The number of carbonyl (C=O) groups excluding carboxylic acids is 1. The number of benzene rings is 1. The molecule has 20 heavy (non-hydrogen) atoms. The number of halogens is 1. The lowest BCUT2D eigenvalue weighted by Crippen LogP contribution is -2.42. The van der Waals surface area contributed by atoms with Gasteiger partial charge in [0.25, 0.3) is 11.6 Å². The molecule has 0 aliphatic rings. The first-order chi connectivity index (χ1) is 9.15. The standard InChI is InChI=1S/C13H17IN2O4/c1-4-15(8-13(2,3)18)12(17)10-7-9(16(19)20)5-6-11(10)14/h5-7,18H,4,8H2,1-3H3. The van der Waals surface area contributed by atoms with Crippen molar-refractivity contribution in [3.63, 3.8) is 0 Å². The van der Waals surface area contributed by atoms with E-state index in [2.05, 4.69) is 0 Å². The van der Waals surface area contributed by atoms with Crippen LogP contribution in [0.4, 0.5) is 5.69 Å². The normalized spacial score (nSPS) is 11.2. The van der Waals surface area contributed by atoms with E-state index in [0.29, 0.717) is 10.1 Å². The van der Waals surface area contributed by atoms with E-state index in [1.165, 1.54) is 17.0 Å². The summed E-state index contributed by atoms with van der Waals surface area (Å²) < 4.78 is 0.646. The molecule has 1 aromatic carbocycles. The van der Waals surface area contributed by atoms with Crippen LogP contribution < -0.4 is 0 Å². The first kappa shape index (κ1) is 16.8. The van der Waals surface area contributed by atoms with Gasteiger partial charge in [0.1, 0.15) is 0 Å². The van der Waals surface area contributed by atoms with E-state index >= 15 is 0 Å². The summed E-state index contributed by atoms with van der Waals surface area (Å²) >= 11 is 1.97. The second-order valence-corrected chi connectivity index (χ2v) is 6.22. The van der Waals surface area contributed by atoms with E-state index in [0.717, 1.165) is 0 Å². The van der Waals surface area contributed by atoms with E-state index in [1.807, 2.05) is 22.6 Å². The van der Waals surface area contributed by atoms with Gasteiger partial charge in [0.15, 0.2) is 0 Å². The molecule has 0 heterocycles. The summed E-state index contributed by atoms with van der Waals surface area (Å²) in [6.45, 7) is 5.61. The zero-order valence-corrected chi connectivity index (χ0v) is 13.7. The van der Waals surface area contributed by atoms with E-state index in [1.54, 1.807) is 26.8 Å². The molecular formula is C13H17IN2O4. The van der Waals surface area contributed by atoms with E-state index < -0.39 is 10.5 Å². The molecule has 0 fully saturated rings. The maximum absolute atomic E-state index is 12.4. The van der Waals surface area contributed by atoms with Crippen LogP contribution in [0.5, 0.6) is 0 Å². The molecule has 0 spiro atoms. The van der Waals surface area contributed by atoms with Gasteiger partial charge in [-0.1, -0.05) is 0 Å². The molecule has 0 saturated heterocycles. The van der Waals surface area contributed by atoms with Crippen molar-refractivity contribution in [1.29, 1.82) is 0 Å². The summed E-state index contributed by atoms with van der Waals surface area (Å²) in [6, 6.07) is 4.19. The molecule has 1 N–H and O–H groups in total. The molecule has 7 heteroatoms. The average Bonchev–Trinajstić information content (AvgIpc) is 2.34. The van der Waals surface area contributed by atoms with Crippen LogP contribution >= 0.6 is 22.6 Å². The largest absolute Gasteiger partial charge is 0.389 e. The number of hydrogen-bond acceptors (Lipinski definition) is 4. The number of amides is 1. The summed E-state index contributed by atoms with van der Waals surface area (Å²) in [5.41, 5.74) is -0.850. The quantitative estimate of drug-likeness (QED) is 0.474. The number of rotatable bonds is 5. The lowest BCUT2D eigenvalue weighted by molar-refractivity contribution is -0.384. The Morgan fingerprint density at radius 2 is 2.10 bits per heavy atom. The smallest absolute Gasteiger partial charge is 0.270 e. The van der Waals surface area contributed by atoms with Crippen molar-refractivity contribution in [2.45, 2.75) is 26.4 Å². The minimum Gasteiger partial charge on any atom is -0.389 e. The molecule has 0 saturated carbocycles. The van der Waals surface area contributed by atoms with Crippen LogP contribution in [0, 0.1) is 13.7 Å². The van der Waals surface area contributed by atoms with Gasteiger partial charge in [-0.3, -0.25) is 14.9 Å². The Morgan fingerprint density at radius 3 is 2.55 bits per heavy atom. The number of likely N-dealkylation sites (N-methyl/N-ethyl adjacent to an activating group) is 1. The number of carbonyl (C=O) groups is 1. The van der Waals surface area contributed by atoms with Gasteiger partial charge < -0.3 is 10.0 Å². The highest BCUT2D eigenvalue weighted by Crippen LogP contribution is 2.21. The fraction of sp³-hybridized carbons (Fsp3) is 0.462. The van der Waals surface area contributed by atoms with Crippen molar-refractivity contribution in [3.8, 4) is 0 Å². The Labute approximate surface area is 131 Å². The van der Waals surface area contributed by atoms with Gasteiger partial charge in [-0.25, -0.2) is 0 Å². The molecule has 0 aromatic heterocycles. The monoisotopic (exact) mass is 392 g/mol. The van der Waals surface area contributed by atoms with Gasteiger partial charge >= 0.3 is 0 Å². The summed E-state index contributed by atoms with van der Waals surface area (Å²) in [5.74, 6) is -0.317. The molecular weight excluding hydrogens is 375 g/mol. The maximum atomic E-state index is 12.4. The number of nitro groups is 1. The molecule has 0 aliphatic heterocycles. The number of hydrogen-bond donors (Lipinski definition) is 1. The highest BCUT2D eigenvalue weighted by molar-refractivity contribution is 14.1. The molecule has 1 rings (SSSR count). The number of aliphatic hydroxyl groups is 1. The Bertz CT molecular complexity index is 526. The number of nitro benzene ring substituents is 1. The van der Waals surface area contributed by atoms with Gasteiger partial charge in [-0.15, -0.1) is 0 Å². The Balaban J connectivity index is 3.12. The first-order valence-corrected chi connectivity index (χ1v) is 7.19. The maximum Gasteiger partial charge on any atom is 0.270 e. The fourth-order valence-corrected chi connectivity index (χ4v) is 2.32. The molecule has 0 bridgehead atoms. The Kier molecular flexibility index (Phi) is 5.46. The average molecular weight is 392 g/mol. The van der Waals surface area contributed by atoms with E-state index in [9.17, 15) is 20.0 Å². The molecule has 1 amide bonds. The minimum absolute atomic E-state index is 0.118. The van der Waals surface area contributed by atoms with Gasteiger partial charge in [0.2, 0.25) is 0 Å². The predicted molar refractivity (Wildman–Crippen MR) is 83.7 cm³/mol. The lowest BCUT2D eigenvalue weighted by atomic mass is 10.1. The zero-order chi connectivity index (χ0) is 15.5. The number of nitrogens with zero attached hydrogens (tertiary/aromatic N) is 2. The summed E-state index contributed by atoms with van der Waals surface area (Å²) in [5, 5.41) is 20.6. The van der Waals surface area contributed by atoms with Crippen molar-refractivity contribution < 1.29 is 14.8 Å². The topological polar surface area (TPSA) is 83.7 Å². The molecule has 0 atom stereocenters. The van der Waals surface area contributed by atoms with E-state index in [-0.39, 0.29) is 23.7 Å². The van der Waals surface area contributed by atoms with Crippen LogP contribution in [0.3, 0.4) is 0 Å². The molecule has 0 aliphatic carbocycles. The molecule has 0 radical (unpaired) electrons. The summed E-state index contributed by atoms with van der Waals surface area (Å²) in [6.07, 6.45) is 0. The van der Waals surface area contributed by atoms with Crippen molar-refractivity contribution in [1.82, 2.24) is 4.90 Å². The minimum atomic E-state index is -1.02. The third-order valence-corrected chi connectivity index (χ3v) is 3.58. The van der Waals surface area contributed by atoms with Crippen LogP contribution in [-0.2, 0) is 0 Å². The Hall–Kier alpha value is -1.22. The lowest BCUT2D eigenvalue weighted by Gasteiger charge is -2.28. The van der Waals surface area contributed by atoms with Gasteiger partial charge in [0, 0.05) is 28.8 Å². The zero-order valence-electron chi connectivity index (χ0n) is 11.6. The fourth-order valence-electron chi connectivity index (χ4n) is 1.76. The third-order valence-electron chi connectivity index (χ3n) is 2.64. The van der Waals surface area contributed by atoms with Crippen LogP contribution in [0.1, 0.15) is 31.1 Å². The van der Waals surface area contributed by atoms with Crippen molar-refractivity contribution in [2.24, 2.45) is 0 Å². The SMILES string of the molecule is CCN(CC(C)(C)O)C(=O)c1cc([N+](=O)[O-])ccc1I. The predicted octanol–water partition coefficient (Wildman–Crippen LogP) is 2.43. The molecule has 1 aromatic rings. The first-order valence-electron chi connectivity index (χ1n) is 6.11. The van der Waals surface area contributed by atoms with Gasteiger partial charge in [-0.05, 0) is 49.4 Å². The molecule has 0 unspecified atom stereocenters. The Morgan fingerprint density at radius 1 is 1.50 bits per heavy atom.